The lowest BCUT2D eigenvalue weighted by Gasteiger charge is -2.10. The molecule has 2 aromatic carbocycles. The molecule has 0 aliphatic heterocycles. The molecule has 4 N–H and O–H groups in total. The molecule has 0 bridgehead atoms. The monoisotopic (exact) mass is 388 g/mol. The van der Waals surface area contributed by atoms with Crippen LogP contribution < -0.4 is 5.32 Å². The van der Waals surface area contributed by atoms with Crippen molar-refractivity contribution in [2.75, 3.05) is 13.2 Å². The predicted molar refractivity (Wildman–Crippen MR) is 103 cm³/mol. The van der Waals surface area contributed by atoms with Gasteiger partial charge in [0.05, 0.1) is 18.2 Å². The number of nitrogens with one attached hydrogen (secondary N) is 2. The van der Waals surface area contributed by atoms with E-state index >= 15 is 0 Å². The Kier molecular flexibility index (Phi) is 6.06. The molecule has 5 nitrogen and oxygen atoms in total. The van der Waals surface area contributed by atoms with Crippen molar-refractivity contribution in [2.45, 2.75) is 25.9 Å². The Labute approximate surface area is 161 Å². The van der Waals surface area contributed by atoms with E-state index in [1.807, 2.05) is 6.07 Å². The smallest absolute Gasteiger partial charge is 0.220 e. The number of halogens is 2. The molecular weight excluding hydrogens is 366 g/mol. The van der Waals surface area contributed by atoms with Crippen LogP contribution >= 0.6 is 0 Å². The minimum Gasteiger partial charge on any atom is -0.394 e. The number of H-pyrrole nitrogens is 1. The molecule has 0 fully saturated rings. The quantitative estimate of drug-likeness (QED) is 0.502. The van der Waals surface area contributed by atoms with E-state index < -0.39 is 12.7 Å². The lowest BCUT2D eigenvalue weighted by molar-refractivity contribution is -0.121. The highest BCUT2D eigenvalue weighted by Gasteiger charge is 2.17. The Hall–Kier alpha value is -2.77. The third kappa shape index (κ3) is 4.37. The van der Waals surface area contributed by atoms with E-state index in [4.69, 9.17) is 5.11 Å². The number of aromatic amines is 1. The normalized spacial score (nSPS) is 12.3. The Morgan fingerprint density at radius 3 is 2.61 bits per heavy atom. The summed E-state index contributed by atoms with van der Waals surface area (Å²) in [5, 5.41) is 21.4. The zero-order valence-corrected chi connectivity index (χ0v) is 15.4. The Morgan fingerprint density at radius 2 is 1.93 bits per heavy atom. The predicted octanol–water partition coefficient (Wildman–Crippen LogP) is 2.82. The molecular formula is C21H22F2N2O3. The van der Waals surface area contributed by atoms with Crippen molar-refractivity contribution in [3.8, 4) is 11.3 Å². The zero-order chi connectivity index (χ0) is 20.3. The molecule has 28 heavy (non-hydrogen) atoms. The zero-order valence-electron chi connectivity index (χ0n) is 15.4. The van der Waals surface area contributed by atoms with Gasteiger partial charge in [-0.25, -0.2) is 8.78 Å². The van der Waals surface area contributed by atoms with E-state index in [-0.39, 0.29) is 30.5 Å². The van der Waals surface area contributed by atoms with Gasteiger partial charge in [-0.15, -0.1) is 0 Å². The van der Waals surface area contributed by atoms with Crippen LogP contribution in [0.5, 0.6) is 0 Å². The van der Waals surface area contributed by atoms with Crippen molar-refractivity contribution in [2.24, 2.45) is 0 Å². The molecule has 1 heterocycles. The molecule has 1 atom stereocenters. The molecule has 0 unspecified atom stereocenters. The number of aliphatic hydroxyl groups excluding tert-OH is 2. The van der Waals surface area contributed by atoms with E-state index in [9.17, 15) is 18.7 Å². The molecule has 0 saturated carbocycles. The van der Waals surface area contributed by atoms with Gasteiger partial charge in [0.25, 0.3) is 0 Å². The summed E-state index contributed by atoms with van der Waals surface area (Å²) < 4.78 is 27.7. The highest BCUT2D eigenvalue weighted by atomic mass is 19.1. The maximum absolute atomic E-state index is 14.4. The van der Waals surface area contributed by atoms with Crippen LogP contribution in [0.15, 0.2) is 36.4 Å². The number of aryl methyl sites for hydroxylation is 2. The molecule has 0 spiro atoms. The number of amides is 1. The van der Waals surface area contributed by atoms with Crippen LogP contribution in [0.4, 0.5) is 8.78 Å². The van der Waals surface area contributed by atoms with Crippen LogP contribution in [-0.4, -0.2) is 40.4 Å². The van der Waals surface area contributed by atoms with Gasteiger partial charge in [0, 0.05) is 24.0 Å². The standard InChI is InChI=1S/C21H22F2N2O3/c1-12-8-17-16(6-7-19(28)24-10-15(27)11-26)20(25-21(17)18(23)9-12)13-2-4-14(22)5-3-13/h2-5,8-9,15,25-27H,6-7,10-11H2,1H3,(H,24,28)/t15-/m0/s1. The van der Waals surface area contributed by atoms with Gasteiger partial charge in [-0.2, -0.15) is 0 Å². The summed E-state index contributed by atoms with van der Waals surface area (Å²) in [5.41, 5.74) is 3.20. The molecule has 3 aromatic rings. The molecule has 0 radical (unpaired) electrons. The SMILES string of the molecule is Cc1cc(F)c2[nH]c(-c3ccc(F)cc3)c(CCC(=O)NC[C@H](O)CO)c2c1. The Balaban J connectivity index is 1.93. The highest BCUT2D eigenvalue weighted by molar-refractivity contribution is 5.92. The summed E-state index contributed by atoms with van der Waals surface area (Å²) >= 11 is 0. The van der Waals surface area contributed by atoms with Crippen LogP contribution in [0.25, 0.3) is 22.2 Å². The summed E-state index contributed by atoms with van der Waals surface area (Å²) in [7, 11) is 0. The molecule has 0 saturated heterocycles. The van der Waals surface area contributed by atoms with Crippen molar-refractivity contribution in [1.82, 2.24) is 10.3 Å². The van der Waals surface area contributed by atoms with Crippen LogP contribution in [0.2, 0.25) is 0 Å². The number of carbonyl (C=O) groups is 1. The fraction of sp³-hybridized carbons (Fsp3) is 0.286. The fourth-order valence-electron chi connectivity index (χ4n) is 3.19. The number of rotatable bonds is 7. The van der Waals surface area contributed by atoms with Crippen LogP contribution in [-0.2, 0) is 11.2 Å². The molecule has 148 valence electrons. The highest BCUT2D eigenvalue weighted by Crippen LogP contribution is 2.33. The van der Waals surface area contributed by atoms with Crippen LogP contribution in [0.3, 0.4) is 0 Å². The number of aliphatic hydroxyl groups is 2. The second-order valence-corrected chi connectivity index (χ2v) is 6.80. The van der Waals surface area contributed by atoms with Crippen molar-refractivity contribution in [3.63, 3.8) is 0 Å². The van der Waals surface area contributed by atoms with E-state index in [1.54, 1.807) is 19.1 Å². The summed E-state index contributed by atoms with van der Waals surface area (Å²) in [4.78, 5) is 15.2. The van der Waals surface area contributed by atoms with Gasteiger partial charge in [0.2, 0.25) is 5.91 Å². The van der Waals surface area contributed by atoms with Gasteiger partial charge < -0.3 is 20.5 Å². The minimum absolute atomic E-state index is 0.0399. The number of hydrogen-bond donors (Lipinski definition) is 4. The van der Waals surface area contributed by atoms with Gasteiger partial charge in [-0.1, -0.05) is 0 Å². The third-order valence-corrected chi connectivity index (χ3v) is 4.59. The minimum atomic E-state index is -1.01. The molecule has 1 amide bonds. The summed E-state index contributed by atoms with van der Waals surface area (Å²) in [5.74, 6) is -1.05. The first kappa shape index (κ1) is 20.0. The second-order valence-electron chi connectivity index (χ2n) is 6.80. The number of aromatic nitrogens is 1. The van der Waals surface area contributed by atoms with E-state index in [2.05, 4.69) is 10.3 Å². The van der Waals surface area contributed by atoms with Gasteiger partial charge in [0.1, 0.15) is 11.6 Å². The second kappa shape index (κ2) is 8.50. The van der Waals surface area contributed by atoms with Crippen molar-refractivity contribution < 1.29 is 23.8 Å². The first-order chi connectivity index (χ1) is 13.4. The Bertz CT molecular complexity index is 983. The maximum Gasteiger partial charge on any atom is 0.220 e. The van der Waals surface area contributed by atoms with E-state index in [1.165, 1.54) is 18.2 Å². The van der Waals surface area contributed by atoms with Crippen molar-refractivity contribution in [1.29, 1.82) is 0 Å². The maximum atomic E-state index is 14.4. The third-order valence-electron chi connectivity index (χ3n) is 4.59. The summed E-state index contributed by atoms with van der Waals surface area (Å²) in [6.07, 6.45) is -0.561. The molecule has 7 heteroatoms. The van der Waals surface area contributed by atoms with Crippen molar-refractivity contribution >= 4 is 16.8 Å². The molecule has 0 aliphatic rings. The van der Waals surface area contributed by atoms with Gasteiger partial charge >= 0.3 is 0 Å². The summed E-state index contributed by atoms with van der Waals surface area (Å²) in [6.45, 7) is 1.32. The first-order valence-corrected chi connectivity index (χ1v) is 9.01. The molecule has 1 aromatic heterocycles. The topological polar surface area (TPSA) is 85.4 Å². The fourth-order valence-corrected chi connectivity index (χ4v) is 3.19. The number of benzene rings is 2. The van der Waals surface area contributed by atoms with Crippen molar-refractivity contribution in [3.05, 3.63) is 59.2 Å². The number of carbonyl (C=O) groups excluding carboxylic acids is 1. The van der Waals surface area contributed by atoms with Gasteiger partial charge in [-0.05, 0) is 66.4 Å². The van der Waals surface area contributed by atoms with Crippen LogP contribution in [0.1, 0.15) is 17.5 Å². The molecule has 3 rings (SSSR count). The van der Waals surface area contributed by atoms with Gasteiger partial charge in [0.15, 0.2) is 0 Å². The van der Waals surface area contributed by atoms with E-state index in [0.29, 0.717) is 28.6 Å². The lowest BCUT2D eigenvalue weighted by Crippen LogP contribution is -2.33. The number of fused-ring (bicyclic) bond motifs is 1. The lowest BCUT2D eigenvalue weighted by atomic mass is 10.00. The first-order valence-electron chi connectivity index (χ1n) is 9.01. The van der Waals surface area contributed by atoms with Crippen LogP contribution in [0, 0.1) is 18.6 Å². The number of hydrogen-bond acceptors (Lipinski definition) is 3. The Morgan fingerprint density at radius 1 is 1.21 bits per heavy atom. The largest absolute Gasteiger partial charge is 0.394 e. The molecule has 0 aliphatic carbocycles. The average molecular weight is 388 g/mol. The van der Waals surface area contributed by atoms with Gasteiger partial charge in [-0.3, -0.25) is 4.79 Å². The van der Waals surface area contributed by atoms with E-state index in [0.717, 1.165) is 11.1 Å². The average Bonchev–Trinajstić information content (AvgIpc) is 3.03. The summed E-state index contributed by atoms with van der Waals surface area (Å²) in [6, 6.07) is 9.15.